The standard InChI is InChI=1S/C30H22N2O6/c33-15-17-4-3-5-18(12-17)23-10-11-25(38-23)30(35)32-14-21-27(31-22-7-2-1-6-20(22)29(21)34)28(32)19-8-9-24-26(13-19)37-16-36-24/h1-13,28,33H,14-16H2,(H,31,34). The molecule has 2 aliphatic rings. The van der Waals surface area contributed by atoms with Crippen molar-refractivity contribution < 1.29 is 23.8 Å². The van der Waals surface area contributed by atoms with Crippen LogP contribution in [0.4, 0.5) is 0 Å². The maximum atomic E-state index is 13.9. The highest BCUT2D eigenvalue weighted by Crippen LogP contribution is 2.42. The van der Waals surface area contributed by atoms with E-state index in [0.29, 0.717) is 39.4 Å². The van der Waals surface area contributed by atoms with Gasteiger partial charge in [-0.05, 0) is 53.6 Å². The van der Waals surface area contributed by atoms with Crippen molar-refractivity contribution >= 4 is 16.8 Å². The summed E-state index contributed by atoms with van der Waals surface area (Å²) in [6.07, 6.45) is 0. The number of nitrogens with one attached hydrogen (secondary N) is 1. The minimum absolute atomic E-state index is 0.0913. The predicted molar refractivity (Wildman–Crippen MR) is 139 cm³/mol. The summed E-state index contributed by atoms with van der Waals surface area (Å²) in [6.45, 7) is 0.173. The van der Waals surface area contributed by atoms with Gasteiger partial charge < -0.3 is 28.9 Å². The summed E-state index contributed by atoms with van der Waals surface area (Å²) < 4.78 is 17.1. The quantitative estimate of drug-likeness (QED) is 0.364. The largest absolute Gasteiger partial charge is 0.454 e. The third-order valence-electron chi connectivity index (χ3n) is 7.14. The lowest BCUT2D eigenvalue weighted by Gasteiger charge is -2.25. The normalized spacial score (nSPS) is 15.7. The molecule has 1 amide bonds. The smallest absolute Gasteiger partial charge is 0.290 e. The van der Waals surface area contributed by atoms with Gasteiger partial charge in [-0.2, -0.15) is 0 Å². The molecule has 8 heteroatoms. The lowest BCUT2D eigenvalue weighted by atomic mass is 10.0. The topological polar surface area (TPSA) is 105 Å². The summed E-state index contributed by atoms with van der Waals surface area (Å²) in [5.74, 6) is 1.56. The number of hydrogen-bond donors (Lipinski definition) is 2. The van der Waals surface area contributed by atoms with Crippen molar-refractivity contribution in [1.29, 1.82) is 0 Å². The molecule has 4 heterocycles. The molecule has 1 unspecified atom stereocenters. The number of hydrogen-bond acceptors (Lipinski definition) is 6. The Labute approximate surface area is 216 Å². The van der Waals surface area contributed by atoms with E-state index in [-0.39, 0.29) is 37.0 Å². The average Bonchev–Trinajstić information content (AvgIpc) is 3.71. The number of ether oxygens (including phenoxy) is 2. The zero-order valence-electron chi connectivity index (χ0n) is 20.1. The number of nitrogens with zero attached hydrogens (tertiary/aromatic N) is 1. The fourth-order valence-electron chi connectivity index (χ4n) is 5.29. The van der Waals surface area contributed by atoms with Crippen LogP contribution in [0.2, 0.25) is 0 Å². The molecule has 0 saturated carbocycles. The molecule has 8 nitrogen and oxygen atoms in total. The molecule has 3 aromatic carbocycles. The number of fused-ring (bicyclic) bond motifs is 3. The molecule has 0 radical (unpaired) electrons. The van der Waals surface area contributed by atoms with Gasteiger partial charge in [0.1, 0.15) is 5.76 Å². The summed E-state index contributed by atoms with van der Waals surface area (Å²) in [4.78, 5) is 32.5. The number of amides is 1. The molecule has 7 rings (SSSR count). The summed E-state index contributed by atoms with van der Waals surface area (Å²) in [6, 6.07) is 23.0. The van der Waals surface area contributed by atoms with Crippen LogP contribution < -0.4 is 14.9 Å². The number of para-hydroxylation sites is 1. The van der Waals surface area contributed by atoms with Crippen molar-refractivity contribution in [3.05, 3.63) is 117 Å². The van der Waals surface area contributed by atoms with Gasteiger partial charge in [0.25, 0.3) is 5.91 Å². The second-order valence-electron chi connectivity index (χ2n) is 9.36. The van der Waals surface area contributed by atoms with E-state index in [9.17, 15) is 14.7 Å². The van der Waals surface area contributed by atoms with Crippen molar-refractivity contribution in [2.75, 3.05) is 6.79 Å². The first-order valence-electron chi connectivity index (χ1n) is 12.2. The Balaban J connectivity index is 1.33. The van der Waals surface area contributed by atoms with E-state index < -0.39 is 6.04 Å². The molecule has 188 valence electrons. The van der Waals surface area contributed by atoms with E-state index in [2.05, 4.69) is 4.98 Å². The number of aliphatic hydroxyl groups is 1. The van der Waals surface area contributed by atoms with Crippen LogP contribution in [0.3, 0.4) is 0 Å². The average molecular weight is 507 g/mol. The SMILES string of the molecule is O=C(c1ccc(-c2cccc(CO)c2)o1)N1Cc2c([nH]c3ccccc3c2=O)C1c1ccc2c(c1)OCO2. The van der Waals surface area contributed by atoms with E-state index in [0.717, 1.165) is 16.7 Å². The Morgan fingerprint density at radius 2 is 1.84 bits per heavy atom. The van der Waals surface area contributed by atoms with Gasteiger partial charge >= 0.3 is 0 Å². The van der Waals surface area contributed by atoms with Crippen molar-refractivity contribution in [2.45, 2.75) is 19.2 Å². The van der Waals surface area contributed by atoms with Gasteiger partial charge in [-0.25, -0.2) is 0 Å². The van der Waals surface area contributed by atoms with Crippen molar-refractivity contribution in [1.82, 2.24) is 9.88 Å². The number of pyridine rings is 1. The molecule has 1 atom stereocenters. The molecule has 2 N–H and O–H groups in total. The van der Waals surface area contributed by atoms with Crippen LogP contribution in [0, 0.1) is 0 Å². The number of rotatable bonds is 4. The van der Waals surface area contributed by atoms with Gasteiger partial charge in [-0.3, -0.25) is 9.59 Å². The van der Waals surface area contributed by atoms with Crippen LogP contribution >= 0.6 is 0 Å². The lowest BCUT2D eigenvalue weighted by molar-refractivity contribution is 0.0685. The molecular formula is C30H22N2O6. The number of aromatic amines is 1. The van der Waals surface area contributed by atoms with Crippen LogP contribution in [0.1, 0.15) is 39.0 Å². The Bertz CT molecular complexity index is 1790. The van der Waals surface area contributed by atoms with E-state index in [1.807, 2.05) is 60.7 Å². The maximum absolute atomic E-state index is 13.9. The number of H-pyrrole nitrogens is 1. The Morgan fingerprint density at radius 3 is 2.74 bits per heavy atom. The fraction of sp³-hybridized carbons (Fsp3) is 0.133. The highest BCUT2D eigenvalue weighted by molar-refractivity contribution is 5.93. The molecule has 5 aromatic rings. The summed E-state index contributed by atoms with van der Waals surface area (Å²) in [5, 5.41) is 10.1. The van der Waals surface area contributed by atoms with Gasteiger partial charge in [0.2, 0.25) is 6.79 Å². The molecule has 0 spiro atoms. The second-order valence-corrected chi connectivity index (χ2v) is 9.36. The van der Waals surface area contributed by atoms with Crippen LogP contribution in [-0.4, -0.2) is 27.7 Å². The van der Waals surface area contributed by atoms with Crippen LogP contribution in [-0.2, 0) is 13.2 Å². The second kappa shape index (κ2) is 8.64. The minimum Gasteiger partial charge on any atom is -0.454 e. The number of carbonyl (C=O) groups is 1. The number of carbonyl (C=O) groups excluding carboxylic acids is 1. The van der Waals surface area contributed by atoms with Crippen LogP contribution in [0.25, 0.3) is 22.2 Å². The fourth-order valence-corrected chi connectivity index (χ4v) is 5.29. The molecule has 0 fully saturated rings. The summed E-state index contributed by atoms with van der Waals surface area (Å²) in [7, 11) is 0. The van der Waals surface area contributed by atoms with Crippen molar-refractivity contribution in [2.24, 2.45) is 0 Å². The summed E-state index contributed by atoms with van der Waals surface area (Å²) >= 11 is 0. The molecule has 38 heavy (non-hydrogen) atoms. The monoisotopic (exact) mass is 506 g/mol. The van der Waals surface area contributed by atoms with E-state index in [1.54, 1.807) is 23.1 Å². The molecule has 2 aromatic heterocycles. The molecule has 0 bridgehead atoms. The Hall–Kier alpha value is -4.82. The van der Waals surface area contributed by atoms with E-state index in [1.165, 1.54) is 0 Å². The van der Waals surface area contributed by atoms with Gasteiger partial charge in [-0.15, -0.1) is 0 Å². The first kappa shape index (κ1) is 22.4. The van der Waals surface area contributed by atoms with E-state index in [4.69, 9.17) is 13.9 Å². The van der Waals surface area contributed by atoms with E-state index >= 15 is 0 Å². The van der Waals surface area contributed by atoms with Crippen molar-refractivity contribution in [3.8, 4) is 22.8 Å². The van der Waals surface area contributed by atoms with Gasteiger partial charge in [-0.1, -0.05) is 36.4 Å². The summed E-state index contributed by atoms with van der Waals surface area (Å²) in [5.41, 5.74) is 4.11. The van der Waals surface area contributed by atoms with Gasteiger partial charge in [0.15, 0.2) is 22.7 Å². The van der Waals surface area contributed by atoms with Crippen LogP contribution in [0.5, 0.6) is 11.5 Å². The first-order chi connectivity index (χ1) is 18.6. The third kappa shape index (κ3) is 3.49. The lowest BCUT2D eigenvalue weighted by Crippen LogP contribution is -2.30. The number of aromatic nitrogens is 1. The highest BCUT2D eigenvalue weighted by atomic mass is 16.7. The highest BCUT2D eigenvalue weighted by Gasteiger charge is 2.39. The number of aliphatic hydroxyl groups excluding tert-OH is 1. The third-order valence-corrected chi connectivity index (χ3v) is 7.14. The first-order valence-corrected chi connectivity index (χ1v) is 12.2. The number of furan rings is 1. The zero-order valence-corrected chi connectivity index (χ0v) is 20.1. The Kier molecular flexibility index (Phi) is 5.09. The molecule has 0 saturated heterocycles. The minimum atomic E-state index is -0.560. The zero-order chi connectivity index (χ0) is 25.8. The van der Waals surface area contributed by atoms with Crippen molar-refractivity contribution in [3.63, 3.8) is 0 Å². The van der Waals surface area contributed by atoms with Gasteiger partial charge in [0, 0.05) is 22.0 Å². The van der Waals surface area contributed by atoms with Crippen LogP contribution in [0.15, 0.2) is 88.1 Å². The number of benzene rings is 3. The van der Waals surface area contributed by atoms with Gasteiger partial charge in [0.05, 0.1) is 24.9 Å². The molecule has 2 aliphatic heterocycles. The predicted octanol–water partition coefficient (Wildman–Crippen LogP) is 4.75. The Morgan fingerprint density at radius 1 is 0.974 bits per heavy atom. The maximum Gasteiger partial charge on any atom is 0.290 e. The molecular weight excluding hydrogens is 484 g/mol. The molecule has 0 aliphatic carbocycles.